The molecule has 0 amide bonds. The number of hydrogen-bond acceptors (Lipinski definition) is 1. The second-order valence-corrected chi connectivity index (χ2v) is 12.9. The van der Waals surface area contributed by atoms with Crippen LogP contribution >= 0.6 is 0 Å². The van der Waals surface area contributed by atoms with Crippen molar-refractivity contribution in [1.82, 2.24) is 0 Å². The van der Waals surface area contributed by atoms with Crippen LogP contribution in [0.25, 0.3) is 0 Å². The average Bonchev–Trinajstić information content (AvgIpc) is 2.79. The fourth-order valence-corrected chi connectivity index (χ4v) is 9.81. The Kier molecular flexibility index (Phi) is 4.01. The van der Waals surface area contributed by atoms with Gasteiger partial charge in [-0.2, -0.15) is 0 Å². The van der Waals surface area contributed by atoms with Gasteiger partial charge in [0.25, 0.3) is 0 Å². The largest absolute Gasteiger partial charge is 0.299 e. The van der Waals surface area contributed by atoms with E-state index in [1.165, 1.54) is 51.4 Å². The van der Waals surface area contributed by atoms with Crippen molar-refractivity contribution in [2.45, 2.75) is 113 Å². The maximum Gasteiger partial charge on any atom is 0.136 e. The molecule has 0 bridgehead atoms. The van der Waals surface area contributed by atoms with E-state index in [1.54, 1.807) is 0 Å². The molecule has 0 aliphatic heterocycles. The van der Waals surface area contributed by atoms with E-state index in [0.29, 0.717) is 27.4 Å². The molecule has 1 nitrogen and oxygen atoms in total. The Morgan fingerprint density at radius 1 is 0.741 bits per heavy atom. The molecule has 0 aromatic rings. The second-order valence-electron chi connectivity index (χ2n) is 12.9. The van der Waals surface area contributed by atoms with Crippen LogP contribution in [0.3, 0.4) is 0 Å². The van der Waals surface area contributed by atoms with Gasteiger partial charge in [-0.15, -0.1) is 0 Å². The summed E-state index contributed by atoms with van der Waals surface area (Å²) in [5.74, 6) is 2.10. The SMILES string of the molecule is CC(=O)[C@@]1(C)CC[C@@]2(C)[C@@H]3CC[C@@]4(C)C[C@@H](C)CC[C@]4(C)[C@@]3(C)CC[C@@]21C. The van der Waals surface area contributed by atoms with Gasteiger partial charge in [0, 0.05) is 5.41 Å². The number of fused-ring (bicyclic) bond motifs is 5. The lowest BCUT2D eigenvalue weighted by Crippen LogP contribution is -2.66. The molecular formula is C26H44O. The summed E-state index contributed by atoms with van der Waals surface area (Å²) in [6.45, 7) is 19.7. The van der Waals surface area contributed by atoms with Crippen molar-refractivity contribution in [2.75, 3.05) is 0 Å². The van der Waals surface area contributed by atoms with Gasteiger partial charge < -0.3 is 0 Å². The van der Waals surface area contributed by atoms with Gasteiger partial charge in [0.15, 0.2) is 0 Å². The number of rotatable bonds is 1. The first kappa shape index (κ1) is 20.0. The van der Waals surface area contributed by atoms with Gasteiger partial charge in [0.1, 0.15) is 5.78 Å². The fraction of sp³-hybridized carbons (Fsp3) is 0.962. The lowest BCUT2D eigenvalue weighted by atomic mass is 9.31. The third-order valence-corrected chi connectivity index (χ3v) is 12.6. The first-order valence-electron chi connectivity index (χ1n) is 11.8. The number of hydrogen-bond donors (Lipinski definition) is 0. The van der Waals surface area contributed by atoms with Crippen LogP contribution in [-0.4, -0.2) is 5.78 Å². The summed E-state index contributed by atoms with van der Waals surface area (Å²) in [7, 11) is 0. The molecule has 27 heavy (non-hydrogen) atoms. The zero-order valence-electron chi connectivity index (χ0n) is 19.4. The van der Waals surface area contributed by atoms with Crippen molar-refractivity contribution in [3.63, 3.8) is 0 Å². The van der Waals surface area contributed by atoms with Crippen LogP contribution in [0.4, 0.5) is 0 Å². The van der Waals surface area contributed by atoms with Crippen molar-refractivity contribution in [3.8, 4) is 0 Å². The zero-order valence-corrected chi connectivity index (χ0v) is 19.4. The van der Waals surface area contributed by atoms with E-state index >= 15 is 0 Å². The summed E-state index contributed by atoms with van der Waals surface area (Å²) in [6, 6.07) is 0. The molecular weight excluding hydrogens is 328 g/mol. The zero-order chi connectivity index (χ0) is 20.1. The van der Waals surface area contributed by atoms with Crippen LogP contribution in [0.2, 0.25) is 0 Å². The summed E-state index contributed by atoms with van der Waals surface area (Å²) in [4.78, 5) is 12.8. The molecule has 0 spiro atoms. The quantitative estimate of drug-likeness (QED) is 0.467. The van der Waals surface area contributed by atoms with Crippen molar-refractivity contribution in [1.29, 1.82) is 0 Å². The molecule has 1 heteroatoms. The maximum absolute atomic E-state index is 12.8. The summed E-state index contributed by atoms with van der Waals surface area (Å²) in [5.41, 5.74) is 1.75. The molecule has 0 unspecified atom stereocenters. The first-order valence-corrected chi connectivity index (χ1v) is 11.8. The Balaban J connectivity index is 1.80. The standard InChI is InChI=1S/C26H44O/c1-18-9-12-25(7)21(3,17-18)11-10-20-23(25,5)15-16-26(8)22(4,19(2)27)13-14-24(20,26)6/h18,20H,9-17H2,1-8H3/t18-,20+,21-,22+,23-,24-,25-,26+/m0/s1. The van der Waals surface area contributed by atoms with E-state index in [4.69, 9.17) is 0 Å². The summed E-state index contributed by atoms with van der Waals surface area (Å²) >= 11 is 0. The summed E-state index contributed by atoms with van der Waals surface area (Å²) < 4.78 is 0. The molecule has 4 rings (SSSR count). The van der Waals surface area contributed by atoms with Gasteiger partial charge in [0.05, 0.1) is 0 Å². The topological polar surface area (TPSA) is 17.1 Å². The minimum Gasteiger partial charge on any atom is -0.299 e. The normalized spacial score (nSPS) is 60.3. The average molecular weight is 373 g/mol. The lowest BCUT2D eigenvalue weighted by molar-refractivity contribution is -0.244. The van der Waals surface area contributed by atoms with Crippen molar-refractivity contribution in [2.24, 2.45) is 44.3 Å². The van der Waals surface area contributed by atoms with Crippen molar-refractivity contribution >= 4 is 5.78 Å². The molecule has 4 aliphatic carbocycles. The van der Waals surface area contributed by atoms with Gasteiger partial charge in [0.2, 0.25) is 0 Å². The molecule has 0 radical (unpaired) electrons. The van der Waals surface area contributed by atoms with Crippen LogP contribution in [0, 0.1) is 44.3 Å². The summed E-state index contributed by atoms with van der Waals surface area (Å²) in [5, 5.41) is 0. The monoisotopic (exact) mass is 372 g/mol. The highest BCUT2D eigenvalue weighted by molar-refractivity contribution is 5.83. The smallest absolute Gasteiger partial charge is 0.136 e. The second kappa shape index (κ2) is 5.42. The minimum atomic E-state index is -0.119. The number of ketones is 1. The summed E-state index contributed by atoms with van der Waals surface area (Å²) in [6.07, 6.45) is 12.0. The number of carbonyl (C=O) groups is 1. The van der Waals surface area contributed by atoms with Gasteiger partial charge in [-0.3, -0.25) is 4.79 Å². The van der Waals surface area contributed by atoms with Gasteiger partial charge >= 0.3 is 0 Å². The van der Waals surface area contributed by atoms with Gasteiger partial charge in [-0.25, -0.2) is 0 Å². The van der Waals surface area contributed by atoms with Crippen LogP contribution in [-0.2, 0) is 4.79 Å². The highest BCUT2D eigenvalue weighted by Gasteiger charge is 2.74. The highest BCUT2D eigenvalue weighted by atomic mass is 16.1. The Morgan fingerprint density at radius 3 is 1.96 bits per heavy atom. The Labute approximate surface area is 168 Å². The van der Waals surface area contributed by atoms with E-state index in [1.807, 2.05) is 6.92 Å². The molecule has 0 N–H and O–H groups in total. The minimum absolute atomic E-state index is 0.119. The van der Waals surface area contributed by atoms with E-state index in [0.717, 1.165) is 18.3 Å². The van der Waals surface area contributed by atoms with Gasteiger partial charge in [-0.05, 0) is 97.2 Å². The molecule has 0 aromatic carbocycles. The van der Waals surface area contributed by atoms with E-state index in [2.05, 4.69) is 48.5 Å². The molecule has 154 valence electrons. The van der Waals surface area contributed by atoms with E-state index < -0.39 is 0 Å². The molecule has 4 aliphatic rings. The van der Waals surface area contributed by atoms with E-state index in [9.17, 15) is 4.79 Å². The molecule has 4 fully saturated rings. The van der Waals surface area contributed by atoms with Crippen molar-refractivity contribution in [3.05, 3.63) is 0 Å². The third kappa shape index (κ3) is 2.01. The lowest BCUT2D eigenvalue weighted by Gasteiger charge is -2.73. The van der Waals surface area contributed by atoms with Crippen LogP contribution in [0.5, 0.6) is 0 Å². The van der Waals surface area contributed by atoms with Crippen molar-refractivity contribution < 1.29 is 4.79 Å². The van der Waals surface area contributed by atoms with Crippen LogP contribution < -0.4 is 0 Å². The number of Topliss-reactive ketones (excluding diaryl/α,β-unsaturated/α-hetero) is 1. The molecule has 0 saturated heterocycles. The van der Waals surface area contributed by atoms with E-state index in [-0.39, 0.29) is 10.8 Å². The predicted molar refractivity (Wildman–Crippen MR) is 114 cm³/mol. The molecule has 0 aromatic heterocycles. The fourth-order valence-electron chi connectivity index (χ4n) is 9.81. The van der Waals surface area contributed by atoms with Crippen LogP contribution in [0.1, 0.15) is 113 Å². The predicted octanol–water partition coefficient (Wildman–Crippen LogP) is 7.43. The molecule has 0 heterocycles. The van der Waals surface area contributed by atoms with Crippen LogP contribution in [0.15, 0.2) is 0 Å². The third-order valence-electron chi connectivity index (χ3n) is 12.6. The molecule has 4 saturated carbocycles. The Morgan fingerprint density at radius 2 is 1.33 bits per heavy atom. The Hall–Kier alpha value is -0.330. The maximum atomic E-state index is 12.8. The Bertz CT molecular complexity index is 667. The number of carbonyl (C=O) groups excluding carboxylic acids is 1. The first-order chi connectivity index (χ1) is 12.3. The van der Waals surface area contributed by atoms with Gasteiger partial charge in [-0.1, -0.05) is 54.9 Å². The highest BCUT2D eigenvalue weighted by Crippen LogP contribution is 2.81. The molecule has 8 atom stereocenters.